The summed E-state index contributed by atoms with van der Waals surface area (Å²) in [5, 5.41) is 22.1. The fourth-order valence-corrected chi connectivity index (χ4v) is 5.79. The average Bonchev–Trinajstić information content (AvgIpc) is 3.24. The number of benzene rings is 3. The minimum Gasteiger partial charge on any atom is -0.468 e. The maximum atomic E-state index is 14.3. The second kappa shape index (κ2) is 9.30. The summed E-state index contributed by atoms with van der Waals surface area (Å²) in [5.41, 5.74) is 0.225. The highest BCUT2D eigenvalue weighted by Gasteiger charge is 2.67. The molecule has 0 saturated carbocycles. The van der Waals surface area contributed by atoms with Gasteiger partial charge in [0.2, 0.25) is 0 Å². The number of hydrogen-bond acceptors (Lipinski definition) is 7. The van der Waals surface area contributed by atoms with Crippen molar-refractivity contribution in [3.63, 3.8) is 0 Å². The molecule has 0 aliphatic carbocycles. The number of nitro benzene ring substituents is 1. The van der Waals surface area contributed by atoms with Gasteiger partial charge in [-0.25, -0.2) is 0 Å². The molecule has 0 bridgehead atoms. The molecule has 8 nitrogen and oxygen atoms in total. The van der Waals surface area contributed by atoms with Crippen molar-refractivity contribution in [1.29, 1.82) is 5.26 Å². The fourth-order valence-electron chi connectivity index (χ4n) is 5.52. The molecule has 0 amide bonds. The Morgan fingerprint density at radius 1 is 1.11 bits per heavy atom. The van der Waals surface area contributed by atoms with Gasteiger partial charge < -0.3 is 9.64 Å². The molecular formula is C28H20BrN3O5. The Balaban J connectivity index is 1.81. The molecule has 4 atom stereocenters. The van der Waals surface area contributed by atoms with E-state index in [4.69, 9.17) is 4.74 Å². The number of ketones is 1. The van der Waals surface area contributed by atoms with Crippen LogP contribution in [0.3, 0.4) is 0 Å². The predicted octanol–water partition coefficient (Wildman–Crippen LogP) is 5.29. The number of nitriles is 1. The number of carbonyl (C=O) groups excluding carboxylic acids is 2. The lowest BCUT2D eigenvalue weighted by atomic mass is 9.68. The SMILES string of the molecule is COC(=O)[C@]1(C#N)[C@H](c2ccc(Br)cc2)[C@H](C(=O)c2cccc([N+](=O)[O-])c2)N2c3ccccc3C=C[C@H]21. The lowest BCUT2D eigenvalue weighted by Gasteiger charge is -2.36. The van der Waals surface area contributed by atoms with Crippen LogP contribution in [0.4, 0.5) is 11.4 Å². The number of nitro groups is 1. The Labute approximate surface area is 221 Å². The molecule has 0 spiro atoms. The molecule has 3 aromatic rings. The smallest absolute Gasteiger partial charge is 0.329 e. The highest BCUT2D eigenvalue weighted by Crippen LogP contribution is 2.56. The summed E-state index contributed by atoms with van der Waals surface area (Å²) in [4.78, 5) is 40.5. The Morgan fingerprint density at radius 3 is 2.51 bits per heavy atom. The fraction of sp³-hybridized carbons (Fsp3) is 0.179. The molecule has 2 aliphatic rings. The van der Waals surface area contributed by atoms with E-state index in [2.05, 4.69) is 22.0 Å². The number of non-ortho nitro benzene ring substituents is 1. The van der Waals surface area contributed by atoms with Gasteiger partial charge in [-0.1, -0.05) is 70.5 Å². The van der Waals surface area contributed by atoms with E-state index >= 15 is 0 Å². The number of halogens is 1. The third-order valence-corrected chi connectivity index (χ3v) is 7.62. The zero-order chi connectivity index (χ0) is 26.3. The van der Waals surface area contributed by atoms with Crippen LogP contribution in [0.2, 0.25) is 0 Å². The molecule has 1 fully saturated rings. The topological polar surface area (TPSA) is 114 Å². The van der Waals surface area contributed by atoms with Gasteiger partial charge in [0.25, 0.3) is 5.69 Å². The molecular weight excluding hydrogens is 538 g/mol. The van der Waals surface area contributed by atoms with Crippen LogP contribution >= 0.6 is 15.9 Å². The van der Waals surface area contributed by atoms with Crippen molar-refractivity contribution in [2.24, 2.45) is 5.41 Å². The minimum atomic E-state index is -1.77. The lowest BCUT2D eigenvalue weighted by molar-refractivity contribution is -0.384. The van der Waals surface area contributed by atoms with Gasteiger partial charge in [-0.2, -0.15) is 5.26 Å². The standard InChI is InChI=1S/C28H20BrN3O5/c1-37-27(34)28(16-30)23-14-11-17-5-2-3-8-22(17)31(23)25(24(28)18-9-12-20(29)13-10-18)26(33)19-6-4-7-21(15-19)32(35)36/h2-15,23-25H,1H3/t23-,24+,25+,28-/m0/s1. The Morgan fingerprint density at radius 2 is 1.84 bits per heavy atom. The monoisotopic (exact) mass is 557 g/mol. The first kappa shape index (κ1) is 24.4. The number of hydrogen-bond donors (Lipinski definition) is 0. The number of anilines is 1. The molecule has 37 heavy (non-hydrogen) atoms. The Bertz CT molecular complexity index is 1500. The first-order valence-electron chi connectivity index (χ1n) is 11.4. The predicted molar refractivity (Wildman–Crippen MR) is 140 cm³/mol. The second-order valence-corrected chi connectivity index (χ2v) is 9.80. The molecule has 0 aromatic heterocycles. The van der Waals surface area contributed by atoms with Gasteiger partial charge in [0.05, 0.1) is 24.1 Å². The molecule has 0 radical (unpaired) electrons. The van der Waals surface area contributed by atoms with E-state index < -0.39 is 40.1 Å². The molecule has 1 saturated heterocycles. The van der Waals surface area contributed by atoms with Crippen LogP contribution in [-0.2, 0) is 9.53 Å². The van der Waals surface area contributed by atoms with Crippen molar-refractivity contribution in [2.45, 2.75) is 18.0 Å². The molecule has 5 rings (SSSR count). The van der Waals surface area contributed by atoms with Gasteiger partial charge in [-0.3, -0.25) is 19.7 Å². The number of ether oxygens (including phenoxy) is 1. The van der Waals surface area contributed by atoms with Gasteiger partial charge in [0, 0.05) is 33.8 Å². The summed E-state index contributed by atoms with van der Waals surface area (Å²) in [6.07, 6.45) is 3.60. The Kier molecular flexibility index (Phi) is 6.13. The van der Waals surface area contributed by atoms with Crippen molar-refractivity contribution in [3.05, 3.63) is 110 Å². The van der Waals surface area contributed by atoms with E-state index in [-0.39, 0.29) is 11.3 Å². The van der Waals surface area contributed by atoms with Crippen LogP contribution in [0.15, 0.2) is 83.3 Å². The third kappa shape index (κ3) is 3.72. The van der Waals surface area contributed by atoms with Crippen LogP contribution in [-0.4, -0.2) is 35.9 Å². The zero-order valence-electron chi connectivity index (χ0n) is 19.6. The number of methoxy groups -OCH3 is 1. The normalized spacial score (nSPS) is 23.5. The van der Waals surface area contributed by atoms with Crippen molar-refractivity contribution in [2.75, 3.05) is 12.0 Å². The van der Waals surface area contributed by atoms with Gasteiger partial charge >= 0.3 is 5.97 Å². The summed E-state index contributed by atoms with van der Waals surface area (Å²) >= 11 is 3.42. The quantitative estimate of drug-likeness (QED) is 0.181. The van der Waals surface area contributed by atoms with E-state index in [9.17, 15) is 25.0 Å². The molecule has 0 N–H and O–H groups in total. The van der Waals surface area contributed by atoms with E-state index in [1.54, 1.807) is 35.2 Å². The summed E-state index contributed by atoms with van der Waals surface area (Å²) in [6, 6.07) is 20.4. The number of para-hydroxylation sites is 1. The van der Waals surface area contributed by atoms with Crippen LogP contribution in [0, 0.1) is 26.9 Å². The maximum Gasteiger partial charge on any atom is 0.329 e. The Hall–Kier alpha value is -4.29. The number of nitrogens with zero attached hydrogens (tertiary/aromatic N) is 3. The highest BCUT2D eigenvalue weighted by atomic mass is 79.9. The number of fused-ring (bicyclic) bond motifs is 3. The number of esters is 1. The summed E-state index contributed by atoms with van der Waals surface area (Å²) in [5.74, 6) is -2.13. The summed E-state index contributed by atoms with van der Waals surface area (Å²) in [6.45, 7) is 0. The van der Waals surface area contributed by atoms with E-state index in [0.717, 1.165) is 10.0 Å². The van der Waals surface area contributed by atoms with E-state index in [1.807, 2.05) is 30.3 Å². The van der Waals surface area contributed by atoms with Crippen molar-refractivity contribution in [3.8, 4) is 6.07 Å². The summed E-state index contributed by atoms with van der Waals surface area (Å²) < 4.78 is 5.98. The van der Waals surface area contributed by atoms with Crippen LogP contribution in [0.5, 0.6) is 0 Å². The van der Waals surface area contributed by atoms with Crippen LogP contribution in [0.1, 0.15) is 27.4 Å². The highest BCUT2D eigenvalue weighted by molar-refractivity contribution is 9.10. The summed E-state index contributed by atoms with van der Waals surface area (Å²) in [7, 11) is 1.22. The first-order chi connectivity index (χ1) is 17.8. The van der Waals surface area contributed by atoms with Crippen molar-refractivity contribution < 1.29 is 19.2 Å². The minimum absolute atomic E-state index is 0.116. The van der Waals surface area contributed by atoms with Gasteiger partial charge in [0.1, 0.15) is 6.04 Å². The van der Waals surface area contributed by atoms with Crippen molar-refractivity contribution >= 4 is 45.1 Å². The number of rotatable bonds is 5. The molecule has 2 aliphatic heterocycles. The largest absolute Gasteiger partial charge is 0.468 e. The van der Waals surface area contributed by atoms with Crippen molar-refractivity contribution in [1.82, 2.24) is 0 Å². The molecule has 184 valence electrons. The van der Waals surface area contributed by atoms with Gasteiger partial charge in [-0.05, 0) is 29.3 Å². The van der Waals surface area contributed by atoms with Gasteiger partial charge in [-0.15, -0.1) is 0 Å². The first-order valence-corrected chi connectivity index (χ1v) is 12.2. The number of carbonyl (C=O) groups is 2. The third-order valence-electron chi connectivity index (χ3n) is 7.09. The molecule has 2 heterocycles. The second-order valence-electron chi connectivity index (χ2n) is 8.89. The zero-order valence-corrected chi connectivity index (χ0v) is 21.2. The molecule has 0 unspecified atom stereocenters. The molecule has 9 heteroatoms. The maximum absolute atomic E-state index is 14.3. The van der Waals surface area contributed by atoms with Crippen LogP contribution < -0.4 is 4.90 Å². The van der Waals surface area contributed by atoms with E-state index in [0.29, 0.717) is 11.3 Å². The average molecular weight is 558 g/mol. The lowest BCUT2D eigenvalue weighted by Crippen LogP contribution is -2.46. The number of Topliss-reactive ketones (excluding diaryl/α,β-unsaturated/α-hetero) is 1. The van der Waals surface area contributed by atoms with Crippen LogP contribution in [0.25, 0.3) is 6.08 Å². The molecule has 3 aromatic carbocycles. The van der Waals surface area contributed by atoms with E-state index in [1.165, 1.54) is 31.4 Å². The van der Waals surface area contributed by atoms with Gasteiger partial charge in [0.15, 0.2) is 11.2 Å².